The summed E-state index contributed by atoms with van der Waals surface area (Å²) in [6.45, 7) is 0. The first-order valence-electron chi connectivity index (χ1n) is 4.08. The van der Waals surface area contributed by atoms with Crippen LogP contribution in [0.25, 0.3) is 11.3 Å². The van der Waals surface area contributed by atoms with E-state index in [9.17, 15) is 0 Å². The average Bonchev–Trinajstić information content (AvgIpc) is 2.88. The molecule has 0 spiro atoms. The van der Waals surface area contributed by atoms with Crippen LogP contribution < -0.4 is 0 Å². The van der Waals surface area contributed by atoms with E-state index in [1.54, 1.807) is 34.1 Å². The molecule has 0 aliphatic carbocycles. The lowest BCUT2D eigenvalue weighted by molar-refractivity contribution is 0.831. The molecule has 0 radical (unpaired) electrons. The van der Waals surface area contributed by atoms with Crippen LogP contribution in [0.15, 0.2) is 37.3 Å². The molecule has 3 aromatic heterocycles. The molecule has 0 aliphatic rings. The van der Waals surface area contributed by atoms with Crippen LogP contribution in [0.5, 0.6) is 0 Å². The first kappa shape index (κ1) is 7.19. The third kappa shape index (κ3) is 0.905. The Morgan fingerprint density at radius 1 is 1.14 bits per heavy atom. The summed E-state index contributed by atoms with van der Waals surface area (Å²) < 4.78 is 3.35. The van der Waals surface area contributed by atoms with Crippen molar-refractivity contribution in [2.24, 2.45) is 0 Å². The van der Waals surface area contributed by atoms with E-state index in [4.69, 9.17) is 0 Å². The van der Waals surface area contributed by atoms with Gasteiger partial charge in [-0.25, -0.2) is 19.2 Å². The van der Waals surface area contributed by atoms with E-state index in [1.165, 1.54) is 6.33 Å². The van der Waals surface area contributed by atoms with Crippen LogP contribution >= 0.6 is 0 Å². The van der Waals surface area contributed by atoms with Crippen LogP contribution in [0, 0.1) is 0 Å². The standard InChI is InChI=1S/C8H6N6/c1-2-11-13-4-3-10-8(7(1)13)14-6-9-5-12-14/h1-6H. The Kier molecular flexibility index (Phi) is 1.35. The summed E-state index contributed by atoms with van der Waals surface area (Å²) in [6.07, 6.45) is 8.26. The summed E-state index contributed by atoms with van der Waals surface area (Å²) in [5.41, 5.74) is 0.901. The zero-order valence-corrected chi connectivity index (χ0v) is 7.15. The first-order chi connectivity index (χ1) is 6.95. The van der Waals surface area contributed by atoms with Gasteiger partial charge in [0.2, 0.25) is 0 Å². The molecule has 0 fully saturated rings. The van der Waals surface area contributed by atoms with Gasteiger partial charge in [-0.1, -0.05) is 0 Å². The third-order valence-electron chi connectivity index (χ3n) is 1.94. The fourth-order valence-corrected chi connectivity index (χ4v) is 1.34. The van der Waals surface area contributed by atoms with Gasteiger partial charge in [0.05, 0.1) is 6.20 Å². The van der Waals surface area contributed by atoms with Crippen LogP contribution in [-0.2, 0) is 0 Å². The molecule has 0 unspecified atom stereocenters. The second kappa shape index (κ2) is 2.63. The van der Waals surface area contributed by atoms with Crippen molar-refractivity contribution >= 4 is 5.52 Å². The minimum absolute atomic E-state index is 0.725. The monoisotopic (exact) mass is 186 g/mol. The molecule has 6 nitrogen and oxygen atoms in total. The lowest BCUT2D eigenvalue weighted by Gasteiger charge is -2.00. The molecule has 0 amide bonds. The molecule has 68 valence electrons. The minimum atomic E-state index is 0.725. The maximum Gasteiger partial charge on any atom is 0.181 e. The van der Waals surface area contributed by atoms with Gasteiger partial charge >= 0.3 is 0 Å². The Bertz CT molecular complexity index is 552. The van der Waals surface area contributed by atoms with E-state index in [0.717, 1.165) is 11.3 Å². The Balaban J connectivity index is 2.36. The highest BCUT2D eigenvalue weighted by Gasteiger charge is 2.04. The topological polar surface area (TPSA) is 60.9 Å². The molecule has 0 saturated heterocycles. The highest BCUT2D eigenvalue weighted by Crippen LogP contribution is 2.09. The molecule has 6 heteroatoms. The van der Waals surface area contributed by atoms with Crippen molar-refractivity contribution in [1.29, 1.82) is 0 Å². The number of aromatic nitrogens is 6. The molecule has 3 rings (SSSR count). The molecule has 0 saturated carbocycles. The van der Waals surface area contributed by atoms with Crippen molar-refractivity contribution < 1.29 is 0 Å². The number of rotatable bonds is 1. The zero-order valence-electron chi connectivity index (χ0n) is 7.15. The summed E-state index contributed by atoms with van der Waals surface area (Å²) in [4.78, 5) is 8.09. The molecule has 0 aliphatic heterocycles. The highest BCUT2D eigenvalue weighted by molar-refractivity contribution is 5.58. The minimum Gasteiger partial charge on any atom is -0.236 e. The summed E-state index contributed by atoms with van der Waals surface area (Å²) in [6, 6.07) is 1.88. The fraction of sp³-hybridized carbons (Fsp3) is 0. The van der Waals surface area contributed by atoms with Gasteiger partial charge in [0.25, 0.3) is 0 Å². The molecule has 0 atom stereocenters. The van der Waals surface area contributed by atoms with Gasteiger partial charge in [0.15, 0.2) is 5.82 Å². The maximum absolute atomic E-state index is 4.22. The smallest absolute Gasteiger partial charge is 0.181 e. The summed E-state index contributed by atoms with van der Waals surface area (Å²) in [7, 11) is 0. The van der Waals surface area contributed by atoms with Crippen molar-refractivity contribution in [3.05, 3.63) is 37.3 Å². The van der Waals surface area contributed by atoms with Gasteiger partial charge in [-0.3, -0.25) is 0 Å². The largest absolute Gasteiger partial charge is 0.236 e. The molecule has 0 aromatic carbocycles. The predicted molar refractivity (Wildman–Crippen MR) is 47.9 cm³/mol. The fourth-order valence-electron chi connectivity index (χ4n) is 1.34. The zero-order chi connectivity index (χ0) is 9.38. The quantitative estimate of drug-likeness (QED) is 0.548. The van der Waals surface area contributed by atoms with Gasteiger partial charge in [-0.2, -0.15) is 10.2 Å². The van der Waals surface area contributed by atoms with Crippen LogP contribution in [0.2, 0.25) is 0 Å². The summed E-state index contributed by atoms with van der Waals surface area (Å²) in [5.74, 6) is 0.725. The maximum atomic E-state index is 4.22. The summed E-state index contributed by atoms with van der Waals surface area (Å²) >= 11 is 0. The molecule has 0 bridgehead atoms. The molecule has 14 heavy (non-hydrogen) atoms. The number of hydrogen-bond acceptors (Lipinski definition) is 4. The first-order valence-corrected chi connectivity index (χ1v) is 4.08. The number of nitrogens with zero attached hydrogens (tertiary/aromatic N) is 6. The van der Waals surface area contributed by atoms with Crippen LogP contribution in [-0.4, -0.2) is 29.4 Å². The van der Waals surface area contributed by atoms with Crippen LogP contribution in [0.3, 0.4) is 0 Å². The van der Waals surface area contributed by atoms with E-state index >= 15 is 0 Å². The van der Waals surface area contributed by atoms with Gasteiger partial charge in [-0.15, -0.1) is 0 Å². The molecule has 0 N–H and O–H groups in total. The normalized spacial score (nSPS) is 10.9. The van der Waals surface area contributed by atoms with Crippen molar-refractivity contribution in [2.45, 2.75) is 0 Å². The lowest BCUT2D eigenvalue weighted by Crippen LogP contribution is -2.01. The Hall–Kier alpha value is -2.24. The van der Waals surface area contributed by atoms with Crippen LogP contribution in [0.4, 0.5) is 0 Å². The lowest BCUT2D eigenvalue weighted by atomic mass is 10.5. The Morgan fingerprint density at radius 2 is 2.14 bits per heavy atom. The number of hydrogen-bond donors (Lipinski definition) is 0. The highest BCUT2D eigenvalue weighted by atomic mass is 15.4. The van der Waals surface area contributed by atoms with Crippen molar-refractivity contribution in [2.75, 3.05) is 0 Å². The third-order valence-corrected chi connectivity index (χ3v) is 1.94. The average molecular weight is 186 g/mol. The van der Waals surface area contributed by atoms with Crippen molar-refractivity contribution in [3.8, 4) is 5.82 Å². The number of fused-ring (bicyclic) bond motifs is 1. The van der Waals surface area contributed by atoms with E-state index in [0.29, 0.717) is 0 Å². The Labute approximate surface area is 78.8 Å². The second-order valence-electron chi connectivity index (χ2n) is 2.75. The van der Waals surface area contributed by atoms with Crippen molar-refractivity contribution in [1.82, 2.24) is 29.4 Å². The van der Waals surface area contributed by atoms with Gasteiger partial charge < -0.3 is 0 Å². The van der Waals surface area contributed by atoms with E-state index in [1.807, 2.05) is 6.07 Å². The van der Waals surface area contributed by atoms with Gasteiger partial charge in [-0.05, 0) is 6.07 Å². The van der Waals surface area contributed by atoms with E-state index in [2.05, 4.69) is 20.2 Å². The van der Waals surface area contributed by atoms with Gasteiger partial charge in [0.1, 0.15) is 18.2 Å². The molecular weight excluding hydrogens is 180 g/mol. The predicted octanol–water partition coefficient (Wildman–Crippen LogP) is 0.310. The second-order valence-corrected chi connectivity index (χ2v) is 2.75. The summed E-state index contributed by atoms with van der Waals surface area (Å²) in [5, 5.41) is 8.12. The molecule has 3 heterocycles. The van der Waals surface area contributed by atoms with E-state index in [-0.39, 0.29) is 0 Å². The SMILES string of the molecule is c1cn2nccc2c(-n2cncn2)n1. The van der Waals surface area contributed by atoms with Gasteiger partial charge in [0, 0.05) is 12.4 Å². The van der Waals surface area contributed by atoms with Crippen LogP contribution in [0.1, 0.15) is 0 Å². The molecular formula is C8H6N6. The van der Waals surface area contributed by atoms with Crippen molar-refractivity contribution in [3.63, 3.8) is 0 Å². The molecule has 3 aromatic rings. The van der Waals surface area contributed by atoms with E-state index < -0.39 is 0 Å². The Morgan fingerprint density at radius 3 is 3.00 bits per heavy atom.